The third-order valence-electron chi connectivity index (χ3n) is 4.98. The van der Waals surface area contributed by atoms with E-state index in [4.69, 9.17) is 9.15 Å². The van der Waals surface area contributed by atoms with Crippen molar-refractivity contribution in [3.8, 4) is 5.75 Å². The highest BCUT2D eigenvalue weighted by Gasteiger charge is 2.19. The zero-order valence-electron chi connectivity index (χ0n) is 16.4. The van der Waals surface area contributed by atoms with E-state index < -0.39 is 0 Å². The molecule has 3 aromatic rings. The zero-order valence-corrected chi connectivity index (χ0v) is 17.2. The van der Waals surface area contributed by atoms with Gasteiger partial charge in [-0.2, -0.15) is 0 Å². The van der Waals surface area contributed by atoms with E-state index in [1.54, 1.807) is 11.9 Å². The van der Waals surface area contributed by atoms with E-state index in [-0.39, 0.29) is 11.2 Å². The molecular formula is C23H24N2O3S. The highest BCUT2D eigenvalue weighted by atomic mass is 32.2. The van der Waals surface area contributed by atoms with Crippen LogP contribution in [0, 0.1) is 0 Å². The third-order valence-corrected chi connectivity index (χ3v) is 5.41. The Kier molecular flexibility index (Phi) is 6.34. The Morgan fingerprint density at radius 3 is 2.41 bits per heavy atom. The van der Waals surface area contributed by atoms with E-state index in [1.165, 1.54) is 29.0 Å². The van der Waals surface area contributed by atoms with Crippen molar-refractivity contribution in [2.45, 2.75) is 32.8 Å². The lowest BCUT2D eigenvalue weighted by molar-refractivity contribution is 0.241. The number of fused-ring (bicyclic) bond motifs is 1. The molecule has 150 valence electrons. The van der Waals surface area contributed by atoms with Gasteiger partial charge in [0.25, 0.3) is 0 Å². The van der Waals surface area contributed by atoms with Crippen molar-refractivity contribution in [2.75, 3.05) is 6.26 Å². The van der Waals surface area contributed by atoms with Gasteiger partial charge in [-0.15, -0.1) is 0 Å². The number of hydrogen-bond donors (Lipinski definition) is 1. The van der Waals surface area contributed by atoms with Crippen LogP contribution in [0.25, 0.3) is 0 Å². The quantitative estimate of drug-likeness (QED) is 0.567. The average Bonchev–Trinajstić information content (AvgIpc) is 3.15. The van der Waals surface area contributed by atoms with Crippen molar-refractivity contribution in [3.63, 3.8) is 0 Å². The summed E-state index contributed by atoms with van der Waals surface area (Å²) in [5, 5.41) is 0. The first-order valence-corrected chi connectivity index (χ1v) is 10.8. The van der Waals surface area contributed by atoms with Crippen molar-refractivity contribution < 1.29 is 9.15 Å². The van der Waals surface area contributed by atoms with Crippen molar-refractivity contribution in [1.29, 1.82) is 0 Å². The molecule has 0 bridgehead atoms. The maximum atomic E-state index is 12.4. The first-order chi connectivity index (χ1) is 14.2. The molecule has 2 heterocycles. The lowest BCUT2D eigenvalue weighted by atomic mass is 10.1. The monoisotopic (exact) mass is 408 g/mol. The molecule has 1 aliphatic heterocycles. The molecule has 0 fully saturated rings. The summed E-state index contributed by atoms with van der Waals surface area (Å²) in [6.07, 6.45) is 3.43. The average molecular weight is 409 g/mol. The van der Waals surface area contributed by atoms with Crippen LogP contribution in [0.15, 0.2) is 70.1 Å². The lowest BCUT2D eigenvalue weighted by Crippen LogP contribution is -2.17. The van der Waals surface area contributed by atoms with Crippen molar-refractivity contribution in [3.05, 3.63) is 99.1 Å². The summed E-state index contributed by atoms with van der Waals surface area (Å²) in [5.74, 6) is 0.896. The van der Waals surface area contributed by atoms with Crippen LogP contribution in [0.5, 0.6) is 5.75 Å². The van der Waals surface area contributed by atoms with Gasteiger partial charge in [0.05, 0.1) is 6.54 Å². The van der Waals surface area contributed by atoms with Crippen LogP contribution in [-0.4, -0.2) is 11.2 Å². The minimum absolute atomic E-state index is 0.149. The van der Waals surface area contributed by atoms with Gasteiger partial charge in [-0.05, 0) is 28.5 Å². The Labute approximate surface area is 174 Å². The fourth-order valence-corrected chi connectivity index (χ4v) is 3.74. The highest BCUT2D eigenvalue weighted by Crippen LogP contribution is 2.24. The van der Waals surface area contributed by atoms with Crippen LogP contribution in [0.3, 0.4) is 0 Å². The number of ether oxygens (including phenoxy) is 1. The van der Waals surface area contributed by atoms with E-state index in [0.29, 0.717) is 18.9 Å². The van der Waals surface area contributed by atoms with Gasteiger partial charge >= 0.3 is 0 Å². The maximum Gasteiger partial charge on any atom is 0.227 e. The van der Waals surface area contributed by atoms with Gasteiger partial charge in [-0.1, -0.05) is 60.5 Å². The number of hydrogen-bond acceptors (Lipinski definition) is 6. The molecule has 0 spiro atoms. The maximum absolute atomic E-state index is 12.4. The summed E-state index contributed by atoms with van der Waals surface area (Å²) in [5.41, 5.74) is 4.74. The first-order valence-electron chi connectivity index (χ1n) is 9.58. The Hall–Kier alpha value is -2.54. The molecule has 0 radical (unpaired) electrons. The van der Waals surface area contributed by atoms with Gasteiger partial charge < -0.3 is 9.15 Å². The molecular weight excluding hydrogens is 384 g/mol. The van der Waals surface area contributed by atoms with Gasteiger partial charge in [-0.3, -0.25) is 14.4 Å². The van der Waals surface area contributed by atoms with Gasteiger partial charge in [0.1, 0.15) is 18.6 Å². The molecule has 1 N–H and O–H groups in total. The standard InChI is InChI=1S/C23H24N2O3S/c1-29-24-11-17-6-8-18(9-7-17)15-28-23-16-27-21(10-22(23)26)14-25-12-19-4-2-3-5-20(19)13-25/h2-10,16,24H,11-15H2,1H3. The van der Waals surface area contributed by atoms with Crippen LogP contribution in [-0.2, 0) is 32.8 Å². The Balaban J connectivity index is 1.32. The third kappa shape index (κ3) is 5.09. The topological polar surface area (TPSA) is 54.7 Å². The summed E-state index contributed by atoms with van der Waals surface area (Å²) >= 11 is 1.59. The molecule has 0 atom stereocenters. The fourth-order valence-electron chi connectivity index (χ4n) is 3.43. The van der Waals surface area contributed by atoms with Gasteiger partial charge in [0.15, 0.2) is 0 Å². The Morgan fingerprint density at radius 1 is 1.07 bits per heavy atom. The van der Waals surface area contributed by atoms with Crippen molar-refractivity contribution in [2.24, 2.45) is 0 Å². The molecule has 4 rings (SSSR count). The van der Waals surface area contributed by atoms with Gasteiger partial charge in [0.2, 0.25) is 11.2 Å². The smallest absolute Gasteiger partial charge is 0.227 e. The summed E-state index contributed by atoms with van der Waals surface area (Å²) in [7, 11) is 0. The SMILES string of the molecule is CSNCc1ccc(COc2coc(CN3Cc4ccccc4C3)cc2=O)cc1. The largest absolute Gasteiger partial charge is 0.482 e. The number of rotatable bonds is 8. The zero-order chi connectivity index (χ0) is 20.1. The molecule has 0 amide bonds. The van der Waals surface area contributed by atoms with E-state index in [1.807, 2.05) is 18.4 Å². The van der Waals surface area contributed by atoms with Crippen LogP contribution in [0.1, 0.15) is 28.0 Å². The minimum Gasteiger partial charge on any atom is -0.482 e. The molecule has 2 aromatic carbocycles. The molecule has 0 saturated carbocycles. The highest BCUT2D eigenvalue weighted by molar-refractivity contribution is 7.96. The van der Waals surface area contributed by atoms with Crippen LogP contribution < -0.4 is 14.9 Å². The second-order valence-corrected chi connectivity index (χ2v) is 7.82. The summed E-state index contributed by atoms with van der Waals surface area (Å²) in [6, 6.07) is 18.1. The van der Waals surface area contributed by atoms with Gasteiger partial charge in [0, 0.05) is 25.7 Å². The molecule has 6 heteroatoms. The summed E-state index contributed by atoms with van der Waals surface area (Å²) in [6.45, 7) is 3.51. The van der Waals surface area contributed by atoms with E-state index in [0.717, 1.165) is 25.2 Å². The Morgan fingerprint density at radius 2 is 1.76 bits per heavy atom. The normalized spacial score (nSPS) is 13.4. The molecule has 5 nitrogen and oxygen atoms in total. The molecule has 0 aliphatic carbocycles. The van der Waals surface area contributed by atoms with Crippen molar-refractivity contribution in [1.82, 2.24) is 9.62 Å². The molecule has 1 aliphatic rings. The lowest BCUT2D eigenvalue weighted by Gasteiger charge is -2.14. The predicted octanol–water partition coefficient (Wildman–Crippen LogP) is 4.10. The molecule has 29 heavy (non-hydrogen) atoms. The number of benzene rings is 2. The second kappa shape index (κ2) is 9.31. The van der Waals surface area contributed by atoms with Crippen LogP contribution >= 0.6 is 11.9 Å². The fraction of sp³-hybridized carbons (Fsp3) is 0.261. The van der Waals surface area contributed by atoms with Crippen LogP contribution in [0.2, 0.25) is 0 Å². The van der Waals surface area contributed by atoms with Gasteiger partial charge in [-0.25, -0.2) is 0 Å². The number of nitrogens with zero attached hydrogens (tertiary/aromatic N) is 1. The van der Waals surface area contributed by atoms with E-state index in [2.05, 4.69) is 46.0 Å². The van der Waals surface area contributed by atoms with E-state index in [9.17, 15) is 4.79 Å². The molecule has 1 aromatic heterocycles. The Bertz CT molecular complexity index is 992. The predicted molar refractivity (Wildman–Crippen MR) is 115 cm³/mol. The minimum atomic E-state index is -0.149. The van der Waals surface area contributed by atoms with Crippen molar-refractivity contribution >= 4 is 11.9 Å². The first kappa shape index (κ1) is 19.8. The molecule has 0 saturated heterocycles. The summed E-state index contributed by atoms with van der Waals surface area (Å²) in [4.78, 5) is 14.7. The molecule has 0 unspecified atom stereocenters. The van der Waals surface area contributed by atoms with E-state index >= 15 is 0 Å². The number of nitrogens with one attached hydrogen (secondary N) is 1. The van der Waals surface area contributed by atoms with Crippen LogP contribution in [0.4, 0.5) is 0 Å². The second-order valence-electron chi connectivity index (χ2n) is 7.12. The summed E-state index contributed by atoms with van der Waals surface area (Å²) < 4.78 is 14.6.